The Hall–Kier alpha value is -0.530. The van der Waals surface area contributed by atoms with Crippen molar-refractivity contribution in [3.8, 4) is 0 Å². The van der Waals surface area contributed by atoms with E-state index in [1.165, 1.54) is 12.8 Å². The summed E-state index contributed by atoms with van der Waals surface area (Å²) >= 11 is 0. The highest BCUT2D eigenvalue weighted by Gasteiger charge is 2.29. The molecule has 0 rings (SSSR count). The summed E-state index contributed by atoms with van der Waals surface area (Å²) in [4.78, 5) is 11.4. The molecule has 0 unspecified atom stereocenters. The molecule has 0 heterocycles. The van der Waals surface area contributed by atoms with Crippen LogP contribution in [0.2, 0.25) is 0 Å². The molecular formula is C13H26O2. The summed E-state index contributed by atoms with van der Waals surface area (Å²) in [7, 11) is 0. The Morgan fingerprint density at radius 2 is 1.67 bits per heavy atom. The molecule has 0 amide bonds. The lowest BCUT2D eigenvalue weighted by atomic mass is 9.90. The number of esters is 1. The minimum absolute atomic E-state index is 0.0600. The van der Waals surface area contributed by atoms with Crippen LogP contribution in [0, 0.1) is 0 Å². The summed E-state index contributed by atoms with van der Waals surface area (Å²) in [6.07, 6.45) is 6.96. The fourth-order valence-corrected chi connectivity index (χ4v) is 1.81. The first-order valence-corrected chi connectivity index (χ1v) is 6.36. The molecule has 15 heavy (non-hydrogen) atoms. The van der Waals surface area contributed by atoms with Crippen molar-refractivity contribution in [1.82, 2.24) is 0 Å². The first kappa shape index (κ1) is 14.5. The third kappa shape index (κ3) is 5.19. The van der Waals surface area contributed by atoms with E-state index in [-0.39, 0.29) is 11.6 Å². The highest BCUT2D eigenvalue weighted by Crippen LogP contribution is 2.27. The fraction of sp³-hybridized carbons (Fsp3) is 0.923. The molecule has 0 saturated carbocycles. The number of hydrogen-bond donors (Lipinski definition) is 0. The Labute approximate surface area is 94.4 Å². The van der Waals surface area contributed by atoms with Crippen molar-refractivity contribution in [2.45, 2.75) is 78.2 Å². The Balaban J connectivity index is 4.23. The second-order valence-electron chi connectivity index (χ2n) is 4.17. The van der Waals surface area contributed by atoms with E-state index in [9.17, 15) is 4.79 Å². The third-order valence-electron chi connectivity index (χ3n) is 3.14. The molecule has 0 aliphatic rings. The maximum Gasteiger partial charge on any atom is 0.306 e. The zero-order valence-corrected chi connectivity index (χ0v) is 10.8. The van der Waals surface area contributed by atoms with E-state index in [0.717, 1.165) is 25.7 Å². The zero-order chi connectivity index (χ0) is 11.7. The lowest BCUT2D eigenvalue weighted by molar-refractivity contribution is -0.161. The molecule has 90 valence electrons. The molecule has 0 aliphatic carbocycles. The Kier molecular flexibility index (Phi) is 7.45. The van der Waals surface area contributed by atoms with Gasteiger partial charge in [-0.3, -0.25) is 4.79 Å². The number of rotatable bonds is 8. The molecule has 2 nitrogen and oxygen atoms in total. The maximum atomic E-state index is 11.4. The molecule has 0 aromatic carbocycles. The first-order chi connectivity index (χ1) is 7.14. The molecular weight excluding hydrogens is 188 g/mol. The average Bonchev–Trinajstić information content (AvgIpc) is 2.27. The van der Waals surface area contributed by atoms with Crippen LogP contribution < -0.4 is 0 Å². The fourth-order valence-electron chi connectivity index (χ4n) is 1.81. The molecule has 0 fully saturated rings. The van der Waals surface area contributed by atoms with Gasteiger partial charge in [0.25, 0.3) is 0 Å². The van der Waals surface area contributed by atoms with Gasteiger partial charge in [-0.2, -0.15) is 0 Å². The van der Waals surface area contributed by atoms with Crippen LogP contribution in [0.5, 0.6) is 0 Å². The largest absolute Gasteiger partial charge is 0.459 e. The van der Waals surface area contributed by atoms with E-state index in [0.29, 0.717) is 6.42 Å². The van der Waals surface area contributed by atoms with E-state index >= 15 is 0 Å². The van der Waals surface area contributed by atoms with Crippen molar-refractivity contribution in [1.29, 1.82) is 0 Å². The van der Waals surface area contributed by atoms with Gasteiger partial charge in [-0.05, 0) is 25.7 Å². The van der Waals surface area contributed by atoms with Gasteiger partial charge in [-0.1, -0.05) is 40.5 Å². The normalized spacial score (nSPS) is 11.5. The molecule has 0 aromatic rings. The number of ether oxygens (including phenoxy) is 1. The third-order valence-corrected chi connectivity index (χ3v) is 3.14. The highest BCUT2D eigenvalue weighted by atomic mass is 16.6. The van der Waals surface area contributed by atoms with Gasteiger partial charge in [0.1, 0.15) is 5.60 Å². The second-order valence-corrected chi connectivity index (χ2v) is 4.17. The minimum Gasteiger partial charge on any atom is -0.459 e. The van der Waals surface area contributed by atoms with Crippen LogP contribution in [0.4, 0.5) is 0 Å². The molecule has 0 atom stereocenters. The summed E-state index contributed by atoms with van der Waals surface area (Å²) in [5.41, 5.74) is -0.192. The van der Waals surface area contributed by atoms with Crippen LogP contribution in [0.25, 0.3) is 0 Å². The minimum atomic E-state index is -0.192. The van der Waals surface area contributed by atoms with Crippen LogP contribution >= 0.6 is 0 Å². The predicted molar refractivity (Wildman–Crippen MR) is 63.8 cm³/mol. The van der Waals surface area contributed by atoms with Crippen molar-refractivity contribution in [3.05, 3.63) is 0 Å². The monoisotopic (exact) mass is 214 g/mol. The topological polar surface area (TPSA) is 26.3 Å². The van der Waals surface area contributed by atoms with Gasteiger partial charge < -0.3 is 4.74 Å². The predicted octanol–water partition coefficient (Wildman–Crippen LogP) is 4.08. The van der Waals surface area contributed by atoms with Gasteiger partial charge in [0.05, 0.1) is 0 Å². The summed E-state index contributed by atoms with van der Waals surface area (Å²) in [6.45, 7) is 8.26. The Bertz CT molecular complexity index is 171. The lowest BCUT2D eigenvalue weighted by Crippen LogP contribution is -2.33. The zero-order valence-electron chi connectivity index (χ0n) is 10.8. The van der Waals surface area contributed by atoms with E-state index in [1.807, 2.05) is 6.92 Å². The first-order valence-electron chi connectivity index (χ1n) is 6.36. The molecule has 2 heteroatoms. The van der Waals surface area contributed by atoms with Gasteiger partial charge in [0.2, 0.25) is 0 Å². The molecule has 0 saturated heterocycles. The molecule has 0 N–H and O–H groups in total. The molecule has 0 bridgehead atoms. The maximum absolute atomic E-state index is 11.4. The average molecular weight is 214 g/mol. The number of hydrogen-bond acceptors (Lipinski definition) is 2. The second kappa shape index (κ2) is 7.72. The van der Waals surface area contributed by atoms with Gasteiger partial charge in [0.15, 0.2) is 0 Å². The summed E-state index contributed by atoms with van der Waals surface area (Å²) in [5, 5.41) is 0. The quantitative estimate of drug-likeness (QED) is 0.449. The SMILES string of the molecule is CCCCCC(CC)(CC)OC(=O)CC. The lowest BCUT2D eigenvalue weighted by Gasteiger charge is -2.31. The van der Waals surface area contributed by atoms with Crippen molar-refractivity contribution in [2.24, 2.45) is 0 Å². The summed E-state index contributed by atoms with van der Waals surface area (Å²) in [6, 6.07) is 0. The Morgan fingerprint density at radius 1 is 1.07 bits per heavy atom. The van der Waals surface area contributed by atoms with Crippen LogP contribution in [0.1, 0.15) is 72.6 Å². The van der Waals surface area contributed by atoms with Crippen molar-refractivity contribution in [2.75, 3.05) is 0 Å². The molecule has 0 spiro atoms. The molecule has 0 aliphatic heterocycles. The van der Waals surface area contributed by atoms with Crippen molar-refractivity contribution in [3.63, 3.8) is 0 Å². The number of carbonyl (C=O) groups is 1. The number of unbranched alkanes of at least 4 members (excludes halogenated alkanes) is 2. The number of carbonyl (C=O) groups excluding carboxylic acids is 1. The van der Waals surface area contributed by atoms with Crippen LogP contribution in [-0.4, -0.2) is 11.6 Å². The highest BCUT2D eigenvalue weighted by molar-refractivity contribution is 5.69. The van der Waals surface area contributed by atoms with Crippen molar-refractivity contribution >= 4 is 5.97 Å². The van der Waals surface area contributed by atoms with Crippen molar-refractivity contribution < 1.29 is 9.53 Å². The summed E-state index contributed by atoms with van der Waals surface area (Å²) in [5.74, 6) is -0.0600. The van der Waals surface area contributed by atoms with E-state index in [2.05, 4.69) is 20.8 Å². The van der Waals surface area contributed by atoms with Gasteiger partial charge >= 0.3 is 5.97 Å². The van der Waals surface area contributed by atoms with Crippen LogP contribution in [0.15, 0.2) is 0 Å². The van der Waals surface area contributed by atoms with E-state index in [4.69, 9.17) is 4.74 Å². The van der Waals surface area contributed by atoms with Gasteiger partial charge in [0, 0.05) is 6.42 Å². The smallest absolute Gasteiger partial charge is 0.306 e. The standard InChI is InChI=1S/C13H26O2/c1-5-9-10-11-13(7-3,8-4)15-12(14)6-2/h5-11H2,1-4H3. The Morgan fingerprint density at radius 3 is 2.07 bits per heavy atom. The van der Waals surface area contributed by atoms with E-state index < -0.39 is 0 Å². The van der Waals surface area contributed by atoms with Crippen LogP contribution in [-0.2, 0) is 9.53 Å². The van der Waals surface area contributed by atoms with Gasteiger partial charge in [-0.25, -0.2) is 0 Å². The van der Waals surface area contributed by atoms with Crippen LogP contribution in [0.3, 0.4) is 0 Å². The molecule has 0 aromatic heterocycles. The van der Waals surface area contributed by atoms with E-state index in [1.54, 1.807) is 0 Å². The van der Waals surface area contributed by atoms with Gasteiger partial charge in [-0.15, -0.1) is 0 Å². The summed E-state index contributed by atoms with van der Waals surface area (Å²) < 4.78 is 5.59. The molecule has 0 radical (unpaired) electrons.